The molecular weight excluding hydrogens is 386 g/mol. The molecule has 2 aromatic rings. The summed E-state index contributed by atoms with van der Waals surface area (Å²) in [4.78, 5) is 23.5. The average Bonchev–Trinajstić information content (AvgIpc) is 2.62. The fourth-order valence-corrected chi connectivity index (χ4v) is 2.04. The van der Waals surface area contributed by atoms with Gasteiger partial charge in [-0.05, 0) is 42.0 Å². The molecule has 2 aromatic carbocycles. The van der Waals surface area contributed by atoms with E-state index in [0.29, 0.717) is 18.0 Å². The number of anilines is 1. The van der Waals surface area contributed by atoms with Gasteiger partial charge in [0.05, 0.1) is 6.21 Å². The Morgan fingerprint density at radius 3 is 2.64 bits per heavy atom. The van der Waals surface area contributed by atoms with Crippen LogP contribution in [-0.2, 0) is 9.59 Å². The molecule has 0 aromatic heterocycles. The van der Waals surface area contributed by atoms with Crippen molar-refractivity contribution >= 4 is 39.6 Å². The number of nitrogens with zero attached hydrogens (tertiary/aromatic N) is 1. The average molecular weight is 402 g/mol. The molecule has 0 aliphatic rings. The Morgan fingerprint density at radius 1 is 1.16 bits per heavy atom. The molecule has 0 atom stereocenters. The summed E-state index contributed by atoms with van der Waals surface area (Å²) in [5.41, 5.74) is 3.41. The van der Waals surface area contributed by atoms with Gasteiger partial charge in [0.2, 0.25) is 0 Å². The quantitative estimate of drug-likeness (QED) is 0.337. The Bertz CT molecular complexity index is 788. The molecule has 128 valence electrons. The number of amides is 2. The summed E-state index contributed by atoms with van der Waals surface area (Å²) < 4.78 is 6.28. The molecule has 0 fully saturated rings. The lowest BCUT2D eigenvalue weighted by atomic mass is 10.2. The van der Waals surface area contributed by atoms with Crippen LogP contribution in [0.5, 0.6) is 5.75 Å². The molecule has 0 spiro atoms. The Balaban J connectivity index is 1.88. The summed E-state index contributed by atoms with van der Waals surface area (Å²) in [6, 6.07) is 14.0. The zero-order valence-corrected chi connectivity index (χ0v) is 14.8. The van der Waals surface area contributed by atoms with Crippen LogP contribution in [0.15, 0.2) is 70.8 Å². The Labute approximate surface area is 153 Å². The maximum Gasteiger partial charge on any atom is 0.329 e. The van der Waals surface area contributed by atoms with Crippen LogP contribution in [0.25, 0.3) is 0 Å². The number of carbonyl (C=O) groups excluding carboxylic acids is 2. The third-order valence-corrected chi connectivity index (χ3v) is 3.44. The summed E-state index contributed by atoms with van der Waals surface area (Å²) in [5.74, 6) is -1.01. The highest BCUT2D eigenvalue weighted by Crippen LogP contribution is 2.14. The normalized spacial score (nSPS) is 10.3. The third-order valence-electron chi connectivity index (χ3n) is 2.91. The number of rotatable bonds is 6. The van der Waals surface area contributed by atoms with Crippen LogP contribution >= 0.6 is 15.9 Å². The highest BCUT2D eigenvalue weighted by atomic mass is 79.9. The van der Waals surface area contributed by atoms with Crippen molar-refractivity contribution in [2.24, 2.45) is 5.10 Å². The van der Waals surface area contributed by atoms with Crippen LogP contribution in [-0.4, -0.2) is 24.6 Å². The molecule has 6 nitrogen and oxygen atoms in total. The second-order valence-electron chi connectivity index (χ2n) is 4.83. The first kappa shape index (κ1) is 18.4. The number of hydrogen-bond acceptors (Lipinski definition) is 4. The second kappa shape index (κ2) is 9.39. The number of ether oxygens (including phenoxy) is 1. The van der Waals surface area contributed by atoms with Crippen molar-refractivity contribution in [3.63, 3.8) is 0 Å². The first-order valence-corrected chi connectivity index (χ1v) is 8.11. The van der Waals surface area contributed by atoms with E-state index in [1.807, 2.05) is 0 Å². The van der Waals surface area contributed by atoms with Crippen molar-refractivity contribution in [2.45, 2.75) is 0 Å². The molecule has 0 saturated carbocycles. The number of hydrogen-bond donors (Lipinski definition) is 2. The van der Waals surface area contributed by atoms with E-state index in [1.54, 1.807) is 54.6 Å². The van der Waals surface area contributed by atoms with E-state index in [9.17, 15) is 9.59 Å². The number of benzene rings is 2. The lowest BCUT2D eigenvalue weighted by molar-refractivity contribution is -0.136. The first-order chi connectivity index (χ1) is 12.1. The Kier molecular flexibility index (Phi) is 6.91. The van der Waals surface area contributed by atoms with Crippen LogP contribution in [0.4, 0.5) is 5.69 Å². The second-order valence-corrected chi connectivity index (χ2v) is 5.75. The fraction of sp³-hybridized carbons (Fsp3) is 0.0556. The Hall–Kier alpha value is -2.93. The first-order valence-electron chi connectivity index (χ1n) is 7.32. The van der Waals surface area contributed by atoms with Gasteiger partial charge < -0.3 is 10.1 Å². The minimum Gasteiger partial charge on any atom is -0.490 e. The predicted octanol–water partition coefficient (Wildman–Crippen LogP) is 3.10. The van der Waals surface area contributed by atoms with Crippen molar-refractivity contribution in [2.75, 3.05) is 11.9 Å². The number of carbonyl (C=O) groups is 2. The highest BCUT2D eigenvalue weighted by molar-refractivity contribution is 9.10. The molecule has 0 bridgehead atoms. The van der Waals surface area contributed by atoms with Crippen molar-refractivity contribution < 1.29 is 14.3 Å². The summed E-state index contributed by atoms with van der Waals surface area (Å²) in [7, 11) is 0. The third kappa shape index (κ3) is 6.23. The zero-order valence-electron chi connectivity index (χ0n) is 13.2. The van der Waals surface area contributed by atoms with Gasteiger partial charge >= 0.3 is 11.8 Å². The maximum atomic E-state index is 11.8. The minimum atomic E-state index is -0.863. The molecule has 0 saturated heterocycles. The Morgan fingerprint density at radius 2 is 1.92 bits per heavy atom. The van der Waals surface area contributed by atoms with Crippen LogP contribution in [0.3, 0.4) is 0 Å². The molecule has 2 rings (SSSR count). The van der Waals surface area contributed by atoms with Gasteiger partial charge in [-0.15, -0.1) is 0 Å². The highest BCUT2D eigenvalue weighted by Gasteiger charge is 2.12. The summed E-state index contributed by atoms with van der Waals surface area (Å²) >= 11 is 3.29. The van der Waals surface area contributed by atoms with Crippen molar-refractivity contribution in [1.82, 2.24) is 5.43 Å². The van der Waals surface area contributed by atoms with Crippen LogP contribution in [0.1, 0.15) is 5.56 Å². The smallest absolute Gasteiger partial charge is 0.329 e. The summed E-state index contributed by atoms with van der Waals surface area (Å²) in [6.07, 6.45) is 3.07. The van der Waals surface area contributed by atoms with Crippen LogP contribution in [0.2, 0.25) is 0 Å². The SMILES string of the molecule is C=CCOc1cccc(/C=N\NC(=O)C(=O)Nc2ccc(Br)cc2)c1. The van der Waals surface area contributed by atoms with Gasteiger partial charge in [-0.2, -0.15) is 5.10 Å². The zero-order chi connectivity index (χ0) is 18.1. The molecule has 0 unspecified atom stereocenters. The topological polar surface area (TPSA) is 79.8 Å². The van der Waals surface area contributed by atoms with Gasteiger partial charge in [-0.3, -0.25) is 9.59 Å². The molecule has 0 heterocycles. The van der Waals surface area contributed by atoms with E-state index in [1.165, 1.54) is 6.21 Å². The minimum absolute atomic E-state index is 0.396. The number of halogens is 1. The standard InChI is InChI=1S/C18H16BrN3O3/c1-2-10-25-16-5-3-4-13(11-16)12-20-22-18(24)17(23)21-15-8-6-14(19)7-9-15/h2-9,11-12H,1,10H2,(H,21,23)(H,22,24)/b20-12-. The van der Waals surface area contributed by atoms with Crippen molar-refractivity contribution in [3.8, 4) is 5.75 Å². The van der Waals surface area contributed by atoms with Gasteiger partial charge in [-0.1, -0.05) is 40.7 Å². The van der Waals surface area contributed by atoms with Gasteiger partial charge in [0.1, 0.15) is 12.4 Å². The fourth-order valence-electron chi connectivity index (χ4n) is 1.78. The van der Waals surface area contributed by atoms with Crippen molar-refractivity contribution in [3.05, 3.63) is 71.2 Å². The molecular formula is C18H16BrN3O3. The summed E-state index contributed by atoms with van der Waals surface area (Å²) in [5, 5.41) is 6.25. The predicted molar refractivity (Wildman–Crippen MR) is 101 cm³/mol. The van der Waals surface area contributed by atoms with E-state index in [4.69, 9.17) is 4.74 Å². The number of nitrogens with one attached hydrogen (secondary N) is 2. The van der Waals surface area contributed by atoms with Crippen molar-refractivity contribution in [1.29, 1.82) is 0 Å². The lowest BCUT2D eigenvalue weighted by Crippen LogP contribution is -2.32. The van der Waals surface area contributed by atoms with Crippen LogP contribution < -0.4 is 15.5 Å². The van der Waals surface area contributed by atoms with E-state index in [2.05, 4.69) is 38.4 Å². The van der Waals surface area contributed by atoms with E-state index < -0.39 is 11.8 Å². The molecule has 7 heteroatoms. The molecule has 0 aliphatic heterocycles. The molecule has 0 radical (unpaired) electrons. The van der Waals surface area contributed by atoms with Gasteiger partial charge in [0.15, 0.2) is 0 Å². The van der Waals surface area contributed by atoms with E-state index >= 15 is 0 Å². The van der Waals surface area contributed by atoms with E-state index in [-0.39, 0.29) is 0 Å². The maximum absolute atomic E-state index is 11.8. The largest absolute Gasteiger partial charge is 0.490 e. The molecule has 2 N–H and O–H groups in total. The van der Waals surface area contributed by atoms with Gasteiger partial charge in [0.25, 0.3) is 0 Å². The summed E-state index contributed by atoms with van der Waals surface area (Å²) in [6.45, 7) is 3.98. The van der Waals surface area contributed by atoms with E-state index in [0.717, 1.165) is 10.0 Å². The molecule has 25 heavy (non-hydrogen) atoms. The monoisotopic (exact) mass is 401 g/mol. The van der Waals surface area contributed by atoms with Gasteiger partial charge in [0, 0.05) is 10.2 Å². The molecule has 0 aliphatic carbocycles. The van der Waals surface area contributed by atoms with Crippen LogP contribution in [0, 0.1) is 0 Å². The molecule has 2 amide bonds. The number of hydrazone groups is 1. The lowest BCUT2D eigenvalue weighted by Gasteiger charge is -2.04. The van der Waals surface area contributed by atoms with Gasteiger partial charge in [-0.25, -0.2) is 5.43 Å².